The van der Waals surface area contributed by atoms with Gasteiger partial charge in [-0.15, -0.1) is 0 Å². The first-order valence-corrected chi connectivity index (χ1v) is 13.8. The summed E-state index contributed by atoms with van der Waals surface area (Å²) in [6.45, 7) is 7.29. The zero-order chi connectivity index (χ0) is 16.9. The maximum atomic E-state index is 12.2. The molecule has 0 aromatic rings. The quantitative estimate of drug-likeness (QED) is 0.542. The Balaban J connectivity index is 4.99. The predicted molar refractivity (Wildman–Crippen MR) is 80.7 cm³/mol. The van der Waals surface area contributed by atoms with Crippen molar-refractivity contribution in [2.75, 3.05) is 5.75 Å². The van der Waals surface area contributed by atoms with Gasteiger partial charge in [0.2, 0.25) is 8.32 Å². The summed E-state index contributed by atoms with van der Waals surface area (Å²) >= 11 is 0. The van der Waals surface area contributed by atoms with E-state index < -0.39 is 44.4 Å². The highest BCUT2D eigenvalue weighted by Crippen LogP contribution is 2.10. The fraction of sp³-hybridized carbons (Fsp3) is 0.900. The van der Waals surface area contributed by atoms with Crippen LogP contribution in [0.5, 0.6) is 0 Å². The molecule has 0 unspecified atom stereocenters. The summed E-state index contributed by atoms with van der Waals surface area (Å²) in [6.07, 6.45) is -0.115. The first-order valence-electron chi connectivity index (χ1n) is 7.27. The van der Waals surface area contributed by atoms with Crippen LogP contribution in [-0.2, 0) is 19.3 Å². The second kappa shape index (κ2) is 6.48. The monoisotopic (exact) mass is 329 g/mol. The molecule has 0 aliphatic carbocycles. The summed E-state index contributed by atoms with van der Waals surface area (Å²) in [6, 6.07) is -0.878. The molecule has 6 nitrogen and oxygen atoms in total. The summed E-state index contributed by atoms with van der Waals surface area (Å²) in [5, 5.41) is 0. The minimum Gasteiger partial charge on any atom is -0.519 e. The molecule has 0 rings (SSSR count). The largest absolute Gasteiger partial charge is 0.519 e. The van der Waals surface area contributed by atoms with Crippen LogP contribution in [0.25, 0.3) is 0 Å². The van der Waals surface area contributed by atoms with Crippen LogP contribution in [0.15, 0.2) is 0 Å². The van der Waals surface area contributed by atoms with E-state index in [1.54, 1.807) is 13.1 Å². The SMILES string of the molecule is [2H]C[Si](C)(C)N[C@@H](CCS(=O)(=O)O)C(=O)O[Si](C)(C)C[2H]. The summed E-state index contributed by atoms with van der Waals surface area (Å²) in [7, 11) is -8.78. The van der Waals surface area contributed by atoms with Gasteiger partial charge in [0.05, 0.1) is 11.8 Å². The van der Waals surface area contributed by atoms with Crippen LogP contribution in [-0.4, -0.2) is 47.3 Å². The van der Waals surface area contributed by atoms with Crippen molar-refractivity contribution in [2.45, 2.75) is 51.7 Å². The lowest BCUT2D eigenvalue weighted by atomic mass is 10.2. The van der Waals surface area contributed by atoms with Crippen molar-refractivity contribution >= 4 is 32.6 Å². The van der Waals surface area contributed by atoms with Gasteiger partial charge in [-0.2, -0.15) is 8.42 Å². The Morgan fingerprint density at radius 1 is 1.37 bits per heavy atom. The third-order valence-electron chi connectivity index (χ3n) is 1.89. The number of hydrogen-bond donors (Lipinski definition) is 2. The molecule has 0 aliphatic heterocycles. The van der Waals surface area contributed by atoms with E-state index in [0.29, 0.717) is 0 Å². The van der Waals surface area contributed by atoms with Crippen LogP contribution in [0.2, 0.25) is 39.2 Å². The molecular weight excluding hydrogens is 302 g/mol. The van der Waals surface area contributed by atoms with Crippen molar-refractivity contribution < 1.29 is 24.9 Å². The molecule has 0 fully saturated rings. The van der Waals surface area contributed by atoms with E-state index in [4.69, 9.17) is 11.7 Å². The van der Waals surface area contributed by atoms with Crippen LogP contribution in [0.1, 0.15) is 9.16 Å². The average Bonchev–Trinajstić information content (AvgIpc) is 2.32. The van der Waals surface area contributed by atoms with Crippen LogP contribution >= 0.6 is 0 Å². The van der Waals surface area contributed by atoms with E-state index in [0.717, 1.165) is 0 Å². The van der Waals surface area contributed by atoms with Gasteiger partial charge in [-0.3, -0.25) is 9.35 Å². The van der Waals surface area contributed by atoms with Crippen molar-refractivity contribution in [1.82, 2.24) is 4.98 Å². The van der Waals surface area contributed by atoms with Crippen molar-refractivity contribution in [3.05, 3.63) is 0 Å². The molecule has 2 N–H and O–H groups in total. The molecule has 0 saturated heterocycles. The highest BCUT2D eigenvalue weighted by molar-refractivity contribution is 7.85. The van der Waals surface area contributed by atoms with Crippen molar-refractivity contribution in [1.29, 1.82) is 0 Å². The second-order valence-corrected chi connectivity index (χ2v) is 15.2. The minimum absolute atomic E-state index is 0.0169. The topological polar surface area (TPSA) is 92.7 Å². The second-order valence-electron chi connectivity index (χ2n) is 5.84. The Kier molecular flexibility index (Phi) is 5.18. The molecule has 0 aromatic heterocycles. The van der Waals surface area contributed by atoms with E-state index in [1.165, 1.54) is 0 Å². The van der Waals surface area contributed by atoms with E-state index in [1.807, 2.05) is 13.1 Å². The zero-order valence-electron chi connectivity index (χ0n) is 13.9. The molecule has 0 heterocycles. The van der Waals surface area contributed by atoms with Gasteiger partial charge in [0.25, 0.3) is 10.1 Å². The number of hydrogen-bond acceptors (Lipinski definition) is 5. The fourth-order valence-corrected chi connectivity index (χ4v) is 3.76. The lowest BCUT2D eigenvalue weighted by Gasteiger charge is -2.28. The maximum absolute atomic E-state index is 12.2. The normalized spacial score (nSPS) is 16.5. The summed E-state index contributed by atoms with van der Waals surface area (Å²) in [5.74, 6) is -1.15. The number of carbonyl (C=O) groups excluding carboxylic acids is 1. The van der Waals surface area contributed by atoms with Crippen LogP contribution in [0.3, 0.4) is 0 Å². The summed E-state index contributed by atoms with van der Waals surface area (Å²) in [4.78, 5) is 15.2. The van der Waals surface area contributed by atoms with Gasteiger partial charge in [-0.05, 0) is 26.0 Å². The third-order valence-corrected chi connectivity index (χ3v) is 4.53. The van der Waals surface area contributed by atoms with Crippen molar-refractivity contribution in [2.24, 2.45) is 0 Å². The van der Waals surface area contributed by atoms with E-state index in [-0.39, 0.29) is 19.5 Å². The summed E-state index contributed by atoms with van der Waals surface area (Å²) < 4.78 is 50.7. The smallest absolute Gasteiger partial charge is 0.309 e. The molecule has 0 spiro atoms. The number of rotatable bonds is 7. The Morgan fingerprint density at radius 2 is 1.95 bits per heavy atom. The molecule has 9 heteroatoms. The van der Waals surface area contributed by atoms with Gasteiger partial charge in [-0.25, -0.2) is 0 Å². The van der Waals surface area contributed by atoms with E-state index in [2.05, 4.69) is 4.98 Å². The van der Waals surface area contributed by atoms with Crippen molar-refractivity contribution in [3.63, 3.8) is 0 Å². The van der Waals surface area contributed by atoms with Gasteiger partial charge in [0.1, 0.15) is 8.24 Å². The fourth-order valence-electron chi connectivity index (χ4n) is 1.33. The van der Waals surface area contributed by atoms with Gasteiger partial charge >= 0.3 is 5.97 Å². The molecular formula is C10H25NO5SSi2. The molecule has 0 amide bonds. The van der Waals surface area contributed by atoms with Gasteiger partial charge < -0.3 is 9.41 Å². The highest BCUT2D eigenvalue weighted by atomic mass is 32.2. The van der Waals surface area contributed by atoms with Gasteiger partial charge in [0, 0.05) is 2.74 Å². The standard InChI is InChI=1S/C10H25NO5SSi2/c1-18(2,3)11-9(7-8-17(13,14)15)10(12)16-19(4,5)6/h9,11H,7-8H2,1-6H3,(H,13,14,15)/t9-/m0/s1/i1D,4D. The summed E-state index contributed by atoms with van der Waals surface area (Å²) in [5.41, 5.74) is 0. The van der Waals surface area contributed by atoms with E-state index in [9.17, 15) is 13.2 Å². The molecule has 0 aliphatic rings. The molecule has 19 heavy (non-hydrogen) atoms. The van der Waals surface area contributed by atoms with Crippen LogP contribution < -0.4 is 4.98 Å². The molecule has 0 aromatic carbocycles. The first kappa shape index (κ1) is 15.2. The third kappa shape index (κ3) is 11.3. The Bertz CT molecular complexity index is 458. The number of nitrogens with one attached hydrogen (secondary N) is 1. The molecule has 0 saturated carbocycles. The predicted octanol–water partition coefficient (Wildman–Crippen LogP) is 1.44. The zero-order valence-corrected chi connectivity index (χ0v) is 14.7. The lowest BCUT2D eigenvalue weighted by Crippen LogP contribution is -2.53. The lowest BCUT2D eigenvalue weighted by molar-refractivity contribution is -0.137. The maximum Gasteiger partial charge on any atom is 0.309 e. The number of carbonyl (C=O) groups is 1. The van der Waals surface area contributed by atoms with Crippen LogP contribution in [0.4, 0.5) is 0 Å². The average molecular weight is 330 g/mol. The molecule has 114 valence electrons. The minimum atomic E-state index is -4.17. The van der Waals surface area contributed by atoms with Gasteiger partial charge in [0.15, 0.2) is 0 Å². The van der Waals surface area contributed by atoms with Crippen LogP contribution in [0, 0.1) is 0 Å². The first-order chi connectivity index (χ1) is 9.32. The van der Waals surface area contributed by atoms with Crippen molar-refractivity contribution in [3.8, 4) is 0 Å². The highest BCUT2D eigenvalue weighted by Gasteiger charge is 2.30. The molecule has 0 bridgehead atoms. The Labute approximate surface area is 120 Å². The molecule has 0 radical (unpaired) electrons. The molecule has 1 atom stereocenters. The Hall–Kier alpha value is -0.226. The van der Waals surface area contributed by atoms with E-state index >= 15 is 0 Å². The Morgan fingerprint density at radius 3 is 2.37 bits per heavy atom. The van der Waals surface area contributed by atoms with Gasteiger partial charge in [-0.1, -0.05) is 19.6 Å².